The van der Waals surface area contributed by atoms with Crippen molar-refractivity contribution < 1.29 is 14.8 Å². The molecular weight excluding hydrogens is 318 g/mol. The summed E-state index contributed by atoms with van der Waals surface area (Å²) in [5.74, 6) is -0.713. The molecule has 0 aliphatic carbocycles. The molecule has 0 aliphatic heterocycles. The second kappa shape index (κ2) is 8.20. The molecular formula is C14H17N5O3S. The van der Waals surface area contributed by atoms with Crippen molar-refractivity contribution in [2.24, 2.45) is 5.92 Å². The molecule has 2 heterocycles. The van der Waals surface area contributed by atoms with Crippen LogP contribution in [0.3, 0.4) is 0 Å². The van der Waals surface area contributed by atoms with Crippen LogP contribution in [-0.4, -0.2) is 39.1 Å². The second-order valence-electron chi connectivity index (χ2n) is 4.84. The van der Waals surface area contributed by atoms with Gasteiger partial charge in [0.1, 0.15) is 0 Å². The number of thiophene rings is 1. The van der Waals surface area contributed by atoms with E-state index in [4.69, 9.17) is 0 Å². The van der Waals surface area contributed by atoms with Crippen LogP contribution in [0, 0.1) is 12.8 Å². The molecule has 0 aliphatic rings. The molecule has 3 N–H and O–H groups in total. The first kappa shape index (κ1) is 16.8. The normalized spacial score (nSPS) is 11.6. The molecule has 2 amide bonds. The van der Waals surface area contributed by atoms with Crippen molar-refractivity contribution in [2.45, 2.75) is 13.3 Å². The van der Waals surface area contributed by atoms with Gasteiger partial charge in [-0.3, -0.25) is 25.6 Å². The van der Waals surface area contributed by atoms with E-state index in [9.17, 15) is 14.8 Å². The summed E-state index contributed by atoms with van der Waals surface area (Å²) in [6, 6.07) is 5.51. The summed E-state index contributed by atoms with van der Waals surface area (Å²) in [5, 5.41) is 11.7. The van der Waals surface area contributed by atoms with E-state index in [2.05, 4.69) is 20.8 Å². The molecule has 9 heteroatoms. The molecule has 2 aromatic heterocycles. The van der Waals surface area contributed by atoms with E-state index in [1.807, 2.05) is 24.4 Å². The lowest BCUT2D eigenvalue weighted by atomic mass is 10.0. The van der Waals surface area contributed by atoms with E-state index < -0.39 is 5.92 Å². The topological polar surface area (TPSA) is 107 Å². The number of hydrogen-bond donors (Lipinski definition) is 3. The van der Waals surface area contributed by atoms with Gasteiger partial charge in [0.05, 0.1) is 12.5 Å². The van der Waals surface area contributed by atoms with E-state index in [-0.39, 0.29) is 24.8 Å². The van der Waals surface area contributed by atoms with Gasteiger partial charge in [-0.2, -0.15) is 0 Å². The third-order valence-electron chi connectivity index (χ3n) is 3.02. The van der Waals surface area contributed by atoms with Crippen LogP contribution in [0.5, 0.6) is 0 Å². The van der Waals surface area contributed by atoms with Gasteiger partial charge in [-0.1, -0.05) is 6.07 Å². The highest BCUT2D eigenvalue weighted by Crippen LogP contribution is 2.15. The molecule has 8 nitrogen and oxygen atoms in total. The van der Waals surface area contributed by atoms with Gasteiger partial charge >= 0.3 is 0 Å². The molecule has 0 saturated carbocycles. The van der Waals surface area contributed by atoms with Gasteiger partial charge < -0.3 is 0 Å². The number of anilines is 1. The zero-order valence-corrected chi connectivity index (χ0v) is 13.3. The first-order valence-corrected chi connectivity index (χ1v) is 7.75. The molecule has 0 spiro atoms. The average Bonchev–Trinajstić information content (AvgIpc) is 3.05. The molecule has 0 aromatic carbocycles. The van der Waals surface area contributed by atoms with E-state index in [1.165, 1.54) is 11.3 Å². The zero-order valence-electron chi connectivity index (χ0n) is 12.5. The third-order valence-corrected chi connectivity index (χ3v) is 3.92. The maximum Gasteiger partial charge on any atom is 0.243 e. The van der Waals surface area contributed by atoms with Crippen LogP contribution in [0.15, 0.2) is 29.8 Å². The van der Waals surface area contributed by atoms with Crippen LogP contribution in [-0.2, 0) is 16.0 Å². The SMILES string of the molecule is Cc1ccnc(NNC(=O)[C@@H](Cc2cccs2)CN(O)C=O)n1. The molecule has 2 aromatic rings. The molecule has 0 unspecified atom stereocenters. The number of carbonyl (C=O) groups is 2. The van der Waals surface area contributed by atoms with Crippen molar-refractivity contribution >= 4 is 29.6 Å². The largest absolute Gasteiger partial charge is 0.286 e. The fraction of sp³-hybridized carbons (Fsp3) is 0.286. The Morgan fingerprint density at radius 2 is 2.35 bits per heavy atom. The summed E-state index contributed by atoms with van der Waals surface area (Å²) < 4.78 is 0. The standard InChI is InChI=1S/C14H17N5O3S/c1-10-4-5-15-14(16-10)18-17-13(21)11(8-19(22)9-20)7-12-3-2-6-23-12/h2-6,9,11,22H,7-8H2,1H3,(H,17,21)(H,15,16,18)/t11-/m0/s1. The molecule has 1 atom stereocenters. The third kappa shape index (κ3) is 5.31. The van der Waals surface area contributed by atoms with Crippen LogP contribution in [0.25, 0.3) is 0 Å². The summed E-state index contributed by atoms with van der Waals surface area (Å²) in [7, 11) is 0. The van der Waals surface area contributed by atoms with Gasteiger partial charge in [0.2, 0.25) is 18.3 Å². The molecule has 0 bridgehead atoms. The lowest BCUT2D eigenvalue weighted by Gasteiger charge is -2.19. The van der Waals surface area contributed by atoms with E-state index in [0.29, 0.717) is 11.5 Å². The molecule has 122 valence electrons. The number of aryl methyl sites for hydroxylation is 1. The second-order valence-corrected chi connectivity index (χ2v) is 5.88. The number of aromatic nitrogens is 2. The van der Waals surface area contributed by atoms with Crippen LogP contribution < -0.4 is 10.9 Å². The zero-order chi connectivity index (χ0) is 16.7. The van der Waals surface area contributed by atoms with Crippen molar-refractivity contribution in [2.75, 3.05) is 12.0 Å². The summed E-state index contributed by atoms with van der Waals surface area (Å²) in [5.41, 5.74) is 5.89. The van der Waals surface area contributed by atoms with Crippen molar-refractivity contribution in [3.63, 3.8) is 0 Å². The minimum Gasteiger partial charge on any atom is -0.286 e. The minimum absolute atomic E-state index is 0.108. The molecule has 0 radical (unpaired) electrons. The average molecular weight is 335 g/mol. The van der Waals surface area contributed by atoms with Gasteiger partial charge in [0.15, 0.2) is 0 Å². The Hall–Kier alpha value is -2.52. The number of hydrogen-bond acceptors (Lipinski definition) is 7. The fourth-order valence-corrected chi connectivity index (χ4v) is 2.70. The summed E-state index contributed by atoms with van der Waals surface area (Å²) in [6.07, 6.45) is 2.25. The first-order chi connectivity index (χ1) is 11.1. The molecule has 23 heavy (non-hydrogen) atoms. The molecule has 2 rings (SSSR count). The first-order valence-electron chi connectivity index (χ1n) is 6.87. The highest BCUT2D eigenvalue weighted by molar-refractivity contribution is 7.09. The Kier molecular flexibility index (Phi) is 6.01. The van der Waals surface area contributed by atoms with Gasteiger partial charge in [0.25, 0.3) is 0 Å². The Morgan fingerprint density at radius 1 is 1.52 bits per heavy atom. The number of nitrogens with one attached hydrogen (secondary N) is 2. The molecule has 0 saturated heterocycles. The maximum absolute atomic E-state index is 12.3. The van der Waals surface area contributed by atoms with Crippen LogP contribution in [0.4, 0.5) is 5.95 Å². The highest BCUT2D eigenvalue weighted by Gasteiger charge is 2.22. The van der Waals surface area contributed by atoms with Crippen molar-refractivity contribution in [3.05, 3.63) is 40.3 Å². The summed E-state index contributed by atoms with van der Waals surface area (Å²) in [4.78, 5) is 32.0. The minimum atomic E-state index is -0.610. The lowest BCUT2D eigenvalue weighted by molar-refractivity contribution is -0.154. The highest BCUT2D eigenvalue weighted by atomic mass is 32.1. The van der Waals surface area contributed by atoms with Gasteiger partial charge in [-0.05, 0) is 30.9 Å². The monoisotopic (exact) mass is 335 g/mol. The van der Waals surface area contributed by atoms with Gasteiger partial charge in [-0.25, -0.2) is 15.0 Å². The smallest absolute Gasteiger partial charge is 0.243 e. The molecule has 0 fully saturated rings. The van der Waals surface area contributed by atoms with Crippen LogP contribution in [0.2, 0.25) is 0 Å². The quantitative estimate of drug-likeness (QED) is 0.377. The number of rotatable bonds is 8. The van der Waals surface area contributed by atoms with Gasteiger partial charge in [0, 0.05) is 16.8 Å². The van der Waals surface area contributed by atoms with Crippen molar-refractivity contribution in [1.29, 1.82) is 0 Å². The summed E-state index contributed by atoms with van der Waals surface area (Å²) in [6.45, 7) is 1.70. The van der Waals surface area contributed by atoms with Crippen molar-refractivity contribution in [3.8, 4) is 0 Å². The fourth-order valence-electron chi connectivity index (χ4n) is 1.91. The van der Waals surface area contributed by atoms with Crippen LogP contribution in [0.1, 0.15) is 10.6 Å². The maximum atomic E-state index is 12.3. The number of carbonyl (C=O) groups excluding carboxylic acids is 2. The van der Waals surface area contributed by atoms with E-state index in [0.717, 1.165) is 10.6 Å². The number of hydroxylamine groups is 2. The van der Waals surface area contributed by atoms with E-state index >= 15 is 0 Å². The Balaban J connectivity index is 1.98. The predicted molar refractivity (Wildman–Crippen MR) is 84.6 cm³/mol. The van der Waals surface area contributed by atoms with Crippen molar-refractivity contribution in [1.82, 2.24) is 20.5 Å². The lowest BCUT2D eigenvalue weighted by Crippen LogP contribution is -2.41. The van der Waals surface area contributed by atoms with E-state index in [1.54, 1.807) is 12.3 Å². The predicted octanol–water partition coefficient (Wildman–Crippen LogP) is 0.996. The Bertz CT molecular complexity index is 650. The number of amides is 2. The van der Waals surface area contributed by atoms with Gasteiger partial charge in [-0.15, -0.1) is 11.3 Å². The summed E-state index contributed by atoms with van der Waals surface area (Å²) >= 11 is 1.51. The number of hydrazine groups is 1. The Morgan fingerprint density at radius 3 is 3.00 bits per heavy atom. The van der Waals surface area contributed by atoms with Crippen LogP contribution >= 0.6 is 11.3 Å². The number of nitrogens with zero attached hydrogens (tertiary/aromatic N) is 3. The Labute approximate surface area is 137 Å².